The molecule has 0 aromatic carbocycles. The monoisotopic (exact) mass is 223 g/mol. The van der Waals surface area contributed by atoms with Gasteiger partial charge in [-0.25, -0.2) is 0 Å². The van der Waals surface area contributed by atoms with Crippen LogP contribution in [0.2, 0.25) is 0 Å². The normalized spacial score (nSPS) is 26.2. The fourth-order valence-corrected chi connectivity index (χ4v) is 2.43. The zero-order chi connectivity index (χ0) is 11.9. The van der Waals surface area contributed by atoms with Crippen LogP contribution in [-0.4, -0.2) is 21.0 Å². The van der Waals surface area contributed by atoms with E-state index in [9.17, 15) is 5.11 Å². The van der Waals surface area contributed by atoms with Gasteiger partial charge in [-0.2, -0.15) is 5.10 Å². The Morgan fingerprint density at radius 1 is 1.44 bits per heavy atom. The summed E-state index contributed by atoms with van der Waals surface area (Å²) in [6.07, 6.45) is 2.65. The maximum absolute atomic E-state index is 9.94. The Bertz CT molecular complexity index is 378. The Kier molecular flexibility index (Phi) is 2.70. The minimum absolute atomic E-state index is 0.00687. The lowest BCUT2D eigenvalue weighted by atomic mass is 9.91. The Balaban J connectivity index is 2.40. The predicted molar refractivity (Wildman–Crippen MR) is 64.2 cm³/mol. The highest BCUT2D eigenvalue weighted by Gasteiger charge is 2.32. The number of nitrogen functional groups attached to an aromatic ring is 1. The van der Waals surface area contributed by atoms with Crippen LogP contribution in [0.5, 0.6) is 0 Å². The van der Waals surface area contributed by atoms with E-state index >= 15 is 0 Å². The number of hydrogen-bond donors (Lipinski definition) is 2. The van der Waals surface area contributed by atoms with Gasteiger partial charge in [-0.15, -0.1) is 0 Å². The van der Waals surface area contributed by atoms with Gasteiger partial charge in [0, 0.05) is 17.2 Å². The molecule has 1 aliphatic rings. The summed E-state index contributed by atoms with van der Waals surface area (Å²) in [5.41, 5.74) is 6.89. The molecular formula is C12H21N3O. The Morgan fingerprint density at radius 3 is 2.62 bits per heavy atom. The maximum Gasteiger partial charge on any atom is 0.145 e. The van der Waals surface area contributed by atoms with Crippen LogP contribution < -0.4 is 5.73 Å². The van der Waals surface area contributed by atoms with Crippen LogP contribution in [0.4, 0.5) is 5.82 Å². The van der Waals surface area contributed by atoms with Crippen molar-refractivity contribution in [3.05, 3.63) is 11.8 Å². The molecule has 4 heteroatoms. The third kappa shape index (κ3) is 1.94. The number of hydrogen-bond acceptors (Lipinski definition) is 3. The van der Waals surface area contributed by atoms with Crippen molar-refractivity contribution in [1.82, 2.24) is 9.78 Å². The van der Waals surface area contributed by atoms with E-state index in [0.29, 0.717) is 5.82 Å². The van der Waals surface area contributed by atoms with Crippen LogP contribution in [-0.2, 0) is 5.41 Å². The largest absolute Gasteiger partial charge is 0.391 e. The van der Waals surface area contributed by atoms with E-state index in [1.54, 1.807) is 0 Å². The molecule has 1 heterocycles. The molecule has 1 fully saturated rings. The van der Waals surface area contributed by atoms with Crippen molar-refractivity contribution in [1.29, 1.82) is 0 Å². The Hall–Kier alpha value is -1.03. The van der Waals surface area contributed by atoms with Gasteiger partial charge in [-0.3, -0.25) is 4.68 Å². The summed E-state index contributed by atoms with van der Waals surface area (Å²) in [7, 11) is 0. The highest BCUT2D eigenvalue weighted by molar-refractivity contribution is 5.33. The van der Waals surface area contributed by atoms with Crippen LogP contribution in [0.3, 0.4) is 0 Å². The van der Waals surface area contributed by atoms with Gasteiger partial charge in [-0.1, -0.05) is 20.8 Å². The van der Waals surface area contributed by atoms with Gasteiger partial charge < -0.3 is 10.8 Å². The second-order valence-corrected chi connectivity index (χ2v) is 5.71. The van der Waals surface area contributed by atoms with Gasteiger partial charge in [-0.05, 0) is 19.3 Å². The van der Waals surface area contributed by atoms with Gasteiger partial charge in [0.15, 0.2) is 0 Å². The maximum atomic E-state index is 9.94. The average molecular weight is 223 g/mol. The van der Waals surface area contributed by atoms with Crippen molar-refractivity contribution in [2.24, 2.45) is 0 Å². The molecule has 1 aromatic heterocycles. The van der Waals surface area contributed by atoms with E-state index in [1.807, 2.05) is 10.7 Å². The molecule has 1 saturated carbocycles. The number of aliphatic hydroxyl groups is 1. The molecule has 16 heavy (non-hydrogen) atoms. The number of aromatic nitrogens is 2. The van der Waals surface area contributed by atoms with Crippen molar-refractivity contribution in [2.75, 3.05) is 5.73 Å². The molecular weight excluding hydrogens is 202 g/mol. The standard InChI is InChI=1S/C12H21N3O/c1-12(2,3)10-7-11(13)14-15(10)8-5-4-6-9(8)16/h7-9,16H,4-6H2,1-3H3,(H2,13,14)/t8?,9-/m1/s1. The van der Waals surface area contributed by atoms with Gasteiger partial charge in [0.2, 0.25) is 0 Å². The summed E-state index contributed by atoms with van der Waals surface area (Å²) in [5, 5.41) is 14.3. The van der Waals surface area contributed by atoms with Crippen molar-refractivity contribution >= 4 is 5.82 Å². The molecule has 90 valence electrons. The summed E-state index contributed by atoms with van der Waals surface area (Å²) >= 11 is 0. The first-order valence-electron chi connectivity index (χ1n) is 5.93. The van der Waals surface area contributed by atoms with Crippen molar-refractivity contribution in [3.63, 3.8) is 0 Å². The van der Waals surface area contributed by atoms with Crippen molar-refractivity contribution in [3.8, 4) is 0 Å². The minimum Gasteiger partial charge on any atom is -0.391 e. The third-order valence-corrected chi connectivity index (χ3v) is 3.28. The second kappa shape index (κ2) is 3.77. The van der Waals surface area contributed by atoms with E-state index in [1.165, 1.54) is 0 Å². The molecule has 0 saturated heterocycles. The highest BCUT2D eigenvalue weighted by Crippen LogP contribution is 2.34. The molecule has 2 rings (SSSR count). The molecule has 4 nitrogen and oxygen atoms in total. The first kappa shape index (κ1) is 11.5. The summed E-state index contributed by atoms with van der Waals surface area (Å²) < 4.78 is 1.94. The van der Waals surface area contributed by atoms with E-state index in [-0.39, 0.29) is 17.6 Å². The first-order valence-corrected chi connectivity index (χ1v) is 5.93. The SMILES string of the molecule is CC(C)(C)c1cc(N)nn1C1CCC[C@H]1O. The van der Waals surface area contributed by atoms with Crippen LogP contribution >= 0.6 is 0 Å². The van der Waals surface area contributed by atoms with Crippen molar-refractivity contribution in [2.45, 2.75) is 57.6 Å². The fraction of sp³-hybridized carbons (Fsp3) is 0.750. The van der Waals surface area contributed by atoms with Crippen LogP contribution in [0.15, 0.2) is 6.07 Å². The number of aliphatic hydroxyl groups excluding tert-OH is 1. The number of rotatable bonds is 1. The van der Waals surface area contributed by atoms with Gasteiger partial charge in [0.05, 0.1) is 12.1 Å². The van der Waals surface area contributed by atoms with E-state index < -0.39 is 0 Å². The number of anilines is 1. The molecule has 0 spiro atoms. The summed E-state index contributed by atoms with van der Waals surface area (Å²) in [6.45, 7) is 6.42. The van der Waals surface area contributed by atoms with Crippen LogP contribution in [0.25, 0.3) is 0 Å². The van der Waals surface area contributed by atoms with E-state index in [4.69, 9.17) is 5.73 Å². The smallest absolute Gasteiger partial charge is 0.145 e. The van der Waals surface area contributed by atoms with E-state index in [2.05, 4.69) is 25.9 Å². The van der Waals surface area contributed by atoms with Crippen molar-refractivity contribution < 1.29 is 5.11 Å². The first-order chi connectivity index (χ1) is 7.39. The molecule has 1 aromatic rings. The number of nitrogens with two attached hydrogens (primary N) is 1. The van der Waals surface area contributed by atoms with Crippen LogP contribution in [0.1, 0.15) is 51.8 Å². The van der Waals surface area contributed by atoms with Crippen LogP contribution in [0, 0.1) is 0 Å². The molecule has 1 aliphatic carbocycles. The Morgan fingerprint density at radius 2 is 2.12 bits per heavy atom. The lowest BCUT2D eigenvalue weighted by Crippen LogP contribution is -2.26. The Labute approximate surface area is 96.5 Å². The third-order valence-electron chi connectivity index (χ3n) is 3.28. The van der Waals surface area contributed by atoms with Gasteiger partial charge in [0.25, 0.3) is 0 Å². The predicted octanol–water partition coefficient (Wildman–Crippen LogP) is 1.85. The molecule has 2 atom stereocenters. The summed E-state index contributed by atoms with van der Waals surface area (Å²) in [6, 6.07) is 2.02. The molecule has 0 radical (unpaired) electrons. The zero-order valence-electron chi connectivity index (χ0n) is 10.3. The van der Waals surface area contributed by atoms with E-state index in [0.717, 1.165) is 25.0 Å². The second-order valence-electron chi connectivity index (χ2n) is 5.71. The fourth-order valence-electron chi connectivity index (χ4n) is 2.43. The molecule has 3 N–H and O–H groups in total. The van der Waals surface area contributed by atoms with Gasteiger partial charge >= 0.3 is 0 Å². The molecule has 0 aliphatic heterocycles. The lowest BCUT2D eigenvalue weighted by Gasteiger charge is -2.25. The molecule has 1 unspecified atom stereocenters. The minimum atomic E-state index is -0.277. The summed E-state index contributed by atoms with van der Waals surface area (Å²) in [5.74, 6) is 0.545. The number of nitrogens with zero attached hydrogens (tertiary/aromatic N) is 2. The summed E-state index contributed by atoms with van der Waals surface area (Å²) in [4.78, 5) is 0. The molecule has 0 amide bonds. The zero-order valence-corrected chi connectivity index (χ0v) is 10.3. The average Bonchev–Trinajstić information content (AvgIpc) is 2.70. The molecule has 0 bridgehead atoms. The lowest BCUT2D eigenvalue weighted by molar-refractivity contribution is 0.127. The highest BCUT2D eigenvalue weighted by atomic mass is 16.3. The topological polar surface area (TPSA) is 64.1 Å². The van der Waals surface area contributed by atoms with Gasteiger partial charge in [0.1, 0.15) is 5.82 Å². The quantitative estimate of drug-likeness (QED) is 0.763.